The number of halogens is 2. The molecule has 586 valence electrons. The number of hydrogen-bond acceptors (Lipinski definition) is 16. The van der Waals surface area contributed by atoms with Gasteiger partial charge in [0.15, 0.2) is 17.2 Å². The molecule has 1 atom stereocenters. The summed E-state index contributed by atoms with van der Waals surface area (Å²) < 4.78 is 5.96. The molecule has 6 aromatic rings. The summed E-state index contributed by atoms with van der Waals surface area (Å²) in [5, 5.41) is 102. The number of phenols is 9. The second kappa shape index (κ2) is 39.5. The third kappa shape index (κ3) is 21.7. The average Bonchev–Trinajstić information content (AvgIpc) is 1.61. The number of phenolic OH excluding ortho intramolecular Hbond substituents is 9. The van der Waals surface area contributed by atoms with Crippen molar-refractivity contribution in [3.05, 3.63) is 209 Å². The number of anilines is 9. The molecule has 0 aliphatic carbocycles. The van der Waals surface area contributed by atoms with Gasteiger partial charge in [0.25, 0.3) is 17.7 Å². The van der Waals surface area contributed by atoms with Gasteiger partial charge in [-0.05, 0) is 241 Å². The van der Waals surface area contributed by atoms with Crippen LogP contribution in [0.1, 0.15) is 216 Å². The Labute approximate surface area is 664 Å². The van der Waals surface area contributed by atoms with Gasteiger partial charge in [-0.2, -0.15) is 0 Å². The van der Waals surface area contributed by atoms with E-state index >= 15 is 0 Å². The van der Waals surface area contributed by atoms with Crippen molar-refractivity contribution in [2.45, 2.75) is 179 Å². The Bertz CT molecular complexity index is 4690. The number of carbonyl (C=O) groups excluding carboxylic acids is 3. The van der Waals surface area contributed by atoms with Gasteiger partial charge in [0.05, 0.1) is 62.5 Å². The van der Waals surface area contributed by atoms with Crippen LogP contribution >= 0.6 is 31.9 Å². The van der Waals surface area contributed by atoms with Gasteiger partial charge < -0.3 is 80.9 Å². The fraction of sp³-hybridized carbons (Fsp3) is 0.360. The monoisotopic (exact) mass is 1630 g/mol. The maximum atomic E-state index is 13.7. The predicted octanol–water partition coefficient (Wildman–Crippen LogP) is 23.2. The fourth-order valence-electron chi connectivity index (χ4n) is 13.4. The molecule has 4 aliphatic heterocycles. The summed E-state index contributed by atoms with van der Waals surface area (Å²) in [7, 11) is 1.67. The maximum Gasteiger partial charge on any atom is 0.260 e. The predicted molar refractivity (Wildman–Crippen MR) is 453 cm³/mol. The molecule has 3 amide bonds. The molecule has 1 saturated heterocycles. The van der Waals surface area contributed by atoms with E-state index in [1.807, 2.05) is 39.0 Å². The number of fused-ring (bicyclic) bond motifs is 6. The van der Waals surface area contributed by atoms with E-state index in [0.29, 0.717) is 52.6 Å². The van der Waals surface area contributed by atoms with E-state index < -0.39 is 6.10 Å². The lowest BCUT2D eigenvalue weighted by molar-refractivity contribution is 0.0983. The SMILES string of the molecule is CC(C)=CCC/C(C)=C/CC/C(C)=C/CN1C(=O)c2cccc(O)c2N(C)c2c1cc(O)c(Br)c2O.CC(C)=CCC/C(C)=C/CC/C(C)=C/CN1C(=O)c2cccc(O)c2Nc2c1cc(O)c(Br)c2O.CC(C)=CCC/C(C)=C/CC/C(C)=C/CN1C(=O)c2cccc(O)c2Nc2c1cc(O)c(C1CCCO1)c2O. The second-order valence-corrected chi connectivity index (χ2v) is 31.0. The molecular weight excluding hydrogens is 1520 g/mol. The Morgan fingerprint density at radius 2 is 0.755 bits per heavy atom. The van der Waals surface area contributed by atoms with Crippen LogP contribution in [0.25, 0.3) is 0 Å². The van der Waals surface area contributed by atoms with Gasteiger partial charge in [-0.3, -0.25) is 14.4 Å². The molecule has 0 saturated carbocycles. The first-order valence-electron chi connectivity index (χ1n) is 37.5. The van der Waals surface area contributed by atoms with Crippen molar-refractivity contribution >= 4 is 101 Å². The third-order valence-electron chi connectivity index (χ3n) is 19.7. The lowest BCUT2D eigenvalue weighted by Crippen LogP contribution is -2.30. The Balaban J connectivity index is 0.000000208. The molecule has 0 bridgehead atoms. The average molecular weight is 1630 g/mol. The van der Waals surface area contributed by atoms with Crippen molar-refractivity contribution in [3.8, 4) is 51.7 Å². The summed E-state index contributed by atoms with van der Waals surface area (Å²) >= 11 is 6.39. The standard InChI is InChI=1S/C32H40N2O5.C29H35BrN2O4.C28H33BrN2O4/c1-20(2)9-5-10-21(3)11-6-12-22(4)16-17-34-24-19-26(36)28(27-15-8-18-39-27)31(37)30(24)33-29-23(32(34)38)13-7-14-25(29)35;1-18(2)9-6-10-19(3)11-7-12-20(4)15-16-32-22-17-24(34)25(30)28(35)27(22)31(5)26-21(29(32)36)13-8-14-23(26)33;1-17(2)8-5-9-18(3)10-6-11-19(4)14-15-31-21-16-23(33)24(29)27(34)26(21)30-25-20(28(31)35)12-7-13-22(25)32/h7,9,11,13-14,16,19,27,33,35-37H,5-6,8,10,12,15,17-18H2,1-4H3;8-9,11,13-15,17,33-35H,6-7,10,12,16H2,1-5H3;7-8,10,12-14,16,30,32-34H,5-6,9,11,15H2,1-4H3/b21-11+,22-16+;19-11+,20-15+;18-10+,19-14+. The topological polar surface area (TPSA) is 280 Å². The maximum absolute atomic E-state index is 13.7. The van der Waals surface area contributed by atoms with Crippen molar-refractivity contribution in [1.29, 1.82) is 0 Å². The molecule has 0 spiro atoms. The van der Waals surface area contributed by atoms with Crippen LogP contribution in [0.3, 0.4) is 0 Å². The number of hydrogen-bond donors (Lipinski definition) is 11. The normalized spacial score (nSPS) is 15.0. The molecule has 110 heavy (non-hydrogen) atoms. The number of aromatic hydroxyl groups is 9. The first kappa shape index (κ1) is 85.5. The van der Waals surface area contributed by atoms with Crippen LogP contribution in [-0.4, -0.2) is 97.0 Å². The number of benzene rings is 6. The van der Waals surface area contributed by atoms with Crippen molar-refractivity contribution in [3.63, 3.8) is 0 Å². The quantitative estimate of drug-likeness (QED) is 0.0144. The molecule has 0 aromatic heterocycles. The van der Waals surface area contributed by atoms with Crippen LogP contribution in [0.4, 0.5) is 51.2 Å². The highest BCUT2D eigenvalue weighted by molar-refractivity contribution is 9.11. The minimum atomic E-state index is -0.436. The highest BCUT2D eigenvalue weighted by Gasteiger charge is 2.37. The van der Waals surface area contributed by atoms with E-state index in [9.17, 15) is 60.3 Å². The Morgan fingerprint density at radius 3 is 1.16 bits per heavy atom. The lowest BCUT2D eigenvalue weighted by atomic mass is 10.0. The highest BCUT2D eigenvalue weighted by Crippen LogP contribution is 2.55. The van der Waals surface area contributed by atoms with Crippen LogP contribution in [0.5, 0.6) is 51.7 Å². The Hall–Kier alpha value is -10.1. The molecular formula is C89H108Br2N6O13. The first-order chi connectivity index (χ1) is 52.3. The minimum Gasteiger partial charge on any atom is -0.507 e. The molecule has 10 rings (SSSR count). The van der Waals surface area contributed by atoms with E-state index in [1.165, 1.54) is 84.5 Å². The molecule has 6 aromatic carbocycles. The van der Waals surface area contributed by atoms with Crippen LogP contribution in [0.15, 0.2) is 187 Å². The van der Waals surface area contributed by atoms with Crippen molar-refractivity contribution < 1.29 is 65.1 Å². The van der Waals surface area contributed by atoms with Gasteiger partial charge in [-0.1, -0.05) is 123 Å². The van der Waals surface area contributed by atoms with Crippen LogP contribution in [0.2, 0.25) is 0 Å². The first-order valence-corrected chi connectivity index (χ1v) is 39.1. The molecule has 19 nitrogen and oxygen atoms in total. The number of nitrogens with one attached hydrogen (secondary N) is 2. The van der Waals surface area contributed by atoms with E-state index in [0.717, 1.165) is 100 Å². The molecule has 21 heteroatoms. The second-order valence-electron chi connectivity index (χ2n) is 29.4. The molecule has 11 N–H and O–H groups in total. The molecule has 0 radical (unpaired) electrons. The van der Waals surface area contributed by atoms with Gasteiger partial charge in [0.2, 0.25) is 0 Å². The van der Waals surface area contributed by atoms with E-state index in [1.54, 1.807) is 48.3 Å². The Morgan fingerprint density at radius 1 is 0.409 bits per heavy atom. The number of ether oxygens (including phenoxy) is 1. The molecule has 1 unspecified atom stereocenters. The zero-order valence-corrected chi connectivity index (χ0v) is 68.8. The number of para-hydroxylation sites is 3. The Kier molecular flexibility index (Phi) is 30.7. The van der Waals surface area contributed by atoms with E-state index in [-0.39, 0.29) is 132 Å². The summed E-state index contributed by atoms with van der Waals surface area (Å²) in [5.74, 6) is -2.42. The molecule has 4 aliphatic rings. The van der Waals surface area contributed by atoms with Crippen molar-refractivity contribution in [2.75, 3.05) is 63.5 Å². The van der Waals surface area contributed by atoms with E-state index in [4.69, 9.17) is 4.74 Å². The van der Waals surface area contributed by atoms with E-state index in [2.05, 4.69) is 141 Å². The summed E-state index contributed by atoms with van der Waals surface area (Å²) in [6.45, 7) is 26.6. The van der Waals surface area contributed by atoms with Gasteiger partial charge >= 0.3 is 0 Å². The van der Waals surface area contributed by atoms with Gasteiger partial charge in [-0.15, -0.1) is 0 Å². The molecule has 4 heterocycles. The summed E-state index contributed by atoms with van der Waals surface area (Å²) in [4.78, 5) is 47.0. The summed E-state index contributed by atoms with van der Waals surface area (Å²) in [6.07, 6.45) is 32.3. The lowest BCUT2D eigenvalue weighted by Gasteiger charge is -2.26. The smallest absolute Gasteiger partial charge is 0.260 e. The van der Waals surface area contributed by atoms with Crippen molar-refractivity contribution in [2.24, 2.45) is 0 Å². The third-order valence-corrected chi connectivity index (χ3v) is 21.3. The van der Waals surface area contributed by atoms with Crippen LogP contribution in [-0.2, 0) is 4.74 Å². The largest absolute Gasteiger partial charge is 0.507 e. The van der Waals surface area contributed by atoms with Crippen LogP contribution < -0.4 is 30.2 Å². The number of amides is 3. The van der Waals surface area contributed by atoms with Gasteiger partial charge in [0, 0.05) is 51.5 Å². The van der Waals surface area contributed by atoms with Gasteiger partial charge in [0.1, 0.15) is 60.5 Å². The van der Waals surface area contributed by atoms with Crippen molar-refractivity contribution in [1.82, 2.24) is 0 Å². The number of allylic oxidation sites excluding steroid dienone is 15. The number of nitrogens with zero attached hydrogens (tertiary/aromatic N) is 4. The molecule has 1 fully saturated rings. The summed E-state index contributed by atoms with van der Waals surface area (Å²) in [5.41, 5.74) is 15.2. The van der Waals surface area contributed by atoms with Gasteiger partial charge in [-0.25, -0.2) is 0 Å². The zero-order valence-electron chi connectivity index (χ0n) is 65.6. The zero-order chi connectivity index (χ0) is 80.4. The fourth-order valence-corrected chi connectivity index (χ4v) is 14.0. The minimum absolute atomic E-state index is 0.0711. The summed E-state index contributed by atoms with van der Waals surface area (Å²) in [6, 6.07) is 18.6. The number of rotatable bonds is 25. The van der Waals surface area contributed by atoms with Crippen LogP contribution in [0, 0.1) is 0 Å². The highest BCUT2D eigenvalue weighted by atomic mass is 79.9. The number of carbonyl (C=O) groups is 3.